The smallest absolute Gasteiger partial charge is 0.274 e. The molecule has 0 aliphatic rings. The molecule has 2 aromatic rings. The molecule has 0 saturated carbocycles. The van der Waals surface area contributed by atoms with Crippen LogP contribution in [0.5, 0.6) is 0 Å². The first kappa shape index (κ1) is 9.86. The molecule has 0 unspecified atom stereocenters. The highest BCUT2D eigenvalue weighted by molar-refractivity contribution is 6.67. The Morgan fingerprint density at radius 3 is 2.67 bits per heavy atom. The summed E-state index contributed by atoms with van der Waals surface area (Å²) in [6, 6.07) is 9.78. The summed E-state index contributed by atoms with van der Waals surface area (Å²) < 4.78 is 1.57. The molecule has 0 fully saturated rings. The Morgan fingerprint density at radius 2 is 2.07 bits per heavy atom. The van der Waals surface area contributed by atoms with E-state index in [1.165, 1.54) is 6.20 Å². The third-order valence-electron chi connectivity index (χ3n) is 1.93. The van der Waals surface area contributed by atoms with E-state index in [9.17, 15) is 4.79 Å². The fourth-order valence-corrected chi connectivity index (χ4v) is 1.32. The van der Waals surface area contributed by atoms with Crippen LogP contribution in [0, 0.1) is 0 Å². The van der Waals surface area contributed by atoms with Crippen LogP contribution in [-0.4, -0.2) is 20.2 Å². The van der Waals surface area contributed by atoms with Gasteiger partial charge < -0.3 is 0 Å². The van der Waals surface area contributed by atoms with E-state index in [1.54, 1.807) is 4.68 Å². The molecular weight excluding hydrogens is 214 g/mol. The largest absolute Gasteiger partial charge is 0.274 e. The molecule has 0 aliphatic carbocycles. The van der Waals surface area contributed by atoms with Crippen molar-refractivity contribution in [2.24, 2.45) is 0 Å². The maximum Gasteiger partial charge on any atom is 0.274 e. The second-order valence-corrected chi connectivity index (χ2v) is 3.40. The summed E-state index contributed by atoms with van der Waals surface area (Å²) in [5, 5.41) is 6.85. The van der Waals surface area contributed by atoms with E-state index in [0.29, 0.717) is 6.54 Å². The second kappa shape index (κ2) is 4.23. The third kappa shape index (κ3) is 2.41. The Hall–Kier alpha value is -1.68. The number of rotatable bonds is 3. The summed E-state index contributed by atoms with van der Waals surface area (Å²) in [5.41, 5.74) is 1.27. The Morgan fingerprint density at radius 1 is 1.33 bits per heavy atom. The van der Waals surface area contributed by atoms with Crippen LogP contribution >= 0.6 is 11.6 Å². The SMILES string of the molecule is O=C(Cl)c1cn(Cc2ccccc2)nn1. The molecule has 0 aliphatic heterocycles. The number of benzene rings is 1. The minimum atomic E-state index is -0.589. The predicted octanol–water partition coefficient (Wildman–Crippen LogP) is 1.71. The number of nitrogens with zero attached hydrogens (tertiary/aromatic N) is 3. The fourth-order valence-electron chi connectivity index (χ4n) is 1.24. The van der Waals surface area contributed by atoms with Crippen molar-refractivity contribution >= 4 is 16.8 Å². The number of halogens is 1. The molecule has 1 heterocycles. The first-order valence-electron chi connectivity index (χ1n) is 4.39. The molecule has 15 heavy (non-hydrogen) atoms. The molecule has 5 heteroatoms. The van der Waals surface area contributed by atoms with Crippen molar-refractivity contribution < 1.29 is 4.79 Å². The van der Waals surface area contributed by atoms with E-state index < -0.39 is 5.24 Å². The van der Waals surface area contributed by atoms with Gasteiger partial charge in [0.15, 0.2) is 5.69 Å². The van der Waals surface area contributed by atoms with E-state index in [1.807, 2.05) is 30.3 Å². The van der Waals surface area contributed by atoms with E-state index in [-0.39, 0.29) is 5.69 Å². The molecule has 0 bridgehead atoms. The Bertz CT molecular complexity index is 467. The third-order valence-corrected chi connectivity index (χ3v) is 2.12. The highest BCUT2D eigenvalue weighted by atomic mass is 35.5. The average Bonchev–Trinajstić information content (AvgIpc) is 2.68. The van der Waals surface area contributed by atoms with Gasteiger partial charge in [0.2, 0.25) is 0 Å². The van der Waals surface area contributed by atoms with Gasteiger partial charge in [-0.15, -0.1) is 5.10 Å². The van der Waals surface area contributed by atoms with Crippen molar-refractivity contribution in [3.63, 3.8) is 0 Å². The van der Waals surface area contributed by atoms with Crippen molar-refractivity contribution in [1.29, 1.82) is 0 Å². The minimum absolute atomic E-state index is 0.174. The van der Waals surface area contributed by atoms with Crippen LogP contribution in [0.25, 0.3) is 0 Å². The van der Waals surface area contributed by atoms with Crippen LogP contribution in [0.1, 0.15) is 16.1 Å². The zero-order valence-electron chi connectivity index (χ0n) is 7.80. The predicted molar refractivity (Wildman–Crippen MR) is 55.7 cm³/mol. The molecule has 0 saturated heterocycles. The summed E-state index contributed by atoms with van der Waals surface area (Å²) in [6.45, 7) is 0.581. The number of hydrogen-bond acceptors (Lipinski definition) is 3. The summed E-state index contributed by atoms with van der Waals surface area (Å²) >= 11 is 5.26. The first-order chi connectivity index (χ1) is 7.25. The molecule has 76 valence electrons. The number of carbonyl (C=O) groups is 1. The van der Waals surface area contributed by atoms with Crippen LogP contribution in [0.15, 0.2) is 36.5 Å². The maximum absolute atomic E-state index is 10.8. The van der Waals surface area contributed by atoms with Crippen LogP contribution in [0.4, 0.5) is 0 Å². The lowest BCUT2D eigenvalue weighted by Crippen LogP contribution is -1.99. The van der Waals surface area contributed by atoms with Crippen molar-refractivity contribution in [3.05, 3.63) is 47.8 Å². The number of aromatic nitrogens is 3. The fraction of sp³-hybridized carbons (Fsp3) is 0.100. The van der Waals surface area contributed by atoms with Crippen LogP contribution in [-0.2, 0) is 6.54 Å². The molecule has 0 atom stereocenters. The van der Waals surface area contributed by atoms with Gasteiger partial charge in [-0.1, -0.05) is 35.5 Å². The lowest BCUT2D eigenvalue weighted by atomic mass is 10.2. The zero-order chi connectivity index (χ0) is 10.7. The molecule has 2 rings (SSSR count). The molecule has 1 aromatic heterocycles. The summed E-state index contributed by atoms with van der Waals surface area (Å²) in [6.07, 6.45) is 1.53. The van der Waals surface area contributed by atoms with Crippen LogP contribution in [0.3, 0.4) is 0 Å². The van der Waals surface area contributed by atoms with Gasteiger partial charge in [-0.3, -0.25) is 4.79 Å². The quantitative estimate of drug-likeness (QED) is 0.742. The van der Waals surface area contributed by atoms with Gasteiger partial charge in [0, 0.05) is 0 Å². The van der Waals surface area contributed by atoms with Gasteiger partial charge in [0.05, 0.1) is 12.7 Å². The molecule has 1 aromatic carbocycles. The zero-order valence-corrected chi connectivity index (χ0v) is 8.55. The summed E-state index contributed by atoms with van der Waals surface area (Å²) in [5.74, 6) is 0. The summed E-state index contributed by atoms with van der Waals surface area (Å²) in [7, 11) is 0. The topological polar surface area (TPSA) is 47.8 Å². The second-order valence-electron chi connectivity index (χ2n) is 3.06. The minimum Gasteiger partial charge on any atom is -0.274 e. The lowest BCUT2D eigenvalue weighted by Gasteiger charge is -1.98. The Kier molecular flexibility index (Phi) is 2.78. The van der Waals surface area contributed by atoms with Gasteiger partial charge in [0.1, 0.15) is 0 Å². The van der Waals surface area contributed by atoms with Crippen molar-refractivity contribution in [3.8, 4) is 0 Å². The van der Waals surface area contributed by atoms with Gasteiger partial charge in [-0.2, -0.15) is 0 Å². The van der Waals surface area contributed by atoms with Crippen LogP contribution in [0.2, 0.25) is 0 Å². The van der Waals surface area contributed by atoms with Crippen molar-refractivity contribution in [2.45, 2.75) is 6.54 Å². The number of carbonyl (C=O) groups excluding carboxylic acids is 1. The first-order valence-corrected chi connectivity index (χ1v) is 4.77. The molecule has 0 spiro atoms. The van der Waals surface area contributed by atoms with E-state index >= 15 is 0 Å². The highest BCUT2D eigenvalue weighted by Crippen LogP contribution is 2.03. The number of hydrogen-bond donors (Lipinski definition) is 0. The van der Waals surface area contributed by atoms with Gasteiger partial charge in [-0.05, 0) is 17.2 Å². The lowest BCUT2D eigenvalue weighted by molar-refractivity contribution is 0.107. The maximum atomic E-state index is 10.8. The van der Waals surface area contributed by atoms with Crippen LogP contribution < -0.4 is 0 Å². The average molecular weight is 222 g/mol. The van der Waals surface area contributed by atoms with E-state index in [0.717, 1.165) is 5.56 Å². The normalized spacial score (nSPS) is 10.2. The molecule has 0 radical (unpaired) electrons. The summed E-state index contributed by atoms with van der Waals surface area (Å²) in [4.78, 5) is 10.8. The van der Waals surface area contributed by atoms with E-state index in [2.05, 4.69) is 10.3 Å². The Labute approximate surface area is 91.5 Å². The molecule has 0 amide bonds. The molecule has 4 nitrogen and oxygen atoms in total. The van der Waals surface area contributed by atoms with Crippen molar-refractivity contribution in [2.75, 3.05) is 0 Å². The van der Waals surface area contributed by atoms with Gasteiger partial charge in [-0.25, -0.2) is 4.68 Å². The monoisotopic (exact) mass is 221 g/mol. The molecular formula is C10H8ClN3O. The Balaban J connectivity index is 2.15. The van der Waals surface area contributed by atoms with Gasteiger partial charge in [0.25, 0.3) is 5.24 Å². The highest BCUT2D eigenvalue weighted by Gasteiger charge is 2.06. The molecule has 0 N–H and O–H groups in total. The van der Waals surface area contributed by atoms with Gasteiger partial charge >= 0.3 is 0 Å². The van der Waals surface area contributed by atoms with E-state index in [4.69, 9.17) is 11.6 Å². The van der Waals surface area contributed by atoms with Crippen molar-refractivity contribution in [1.82, 2.24) is 15.0 Å². The standard InChI is InChI=1S/C10H8ClN3O/c11-10(15)9-7-14(13-12-9)6-8-4-2-1-3-5-8/h1-5,7H,6H2.